The van der Waals surface area contributed by atoms with E-state index in [1.165, 1.54) is 9.47 Å². The minimum atomic E-state index is -5.04. The molecule has 33 heavy (non-hydrogen) atoms. The second kappa shape index (κ2) is 7.59. The van der Waals surface area contributed by atoms with Crippen molar-refractivity contribution in [2.45, 2.75) is 32.0 Å². The maximum atomic E-state index is 15.5. The molecule has 2 heterocycles. The van der Waals surface area contributed by atoms with Gasteiger partial charge in [0.25, 0.3) is 0 Å². The minimum absolute atomic E-state index is 0.0433. The average molecular weight is 475 g/mol. The van der Waals surface area contributed by atoms with Crippen molar-refractivity contribution >= 4 is 28.7 Å². The molecule has 2 aliphatic rings. The lowest BCUT2D eigenvalue weighted by Crippen LogP contribution is -2.60. The van der Waals surface area contributed by atoms with Gasteiger partial charge in [-0.1, -0.05) is 6.92 Å². The van der Waals surface area contributed by atoms with Crippen LogP contribution >= 0.6 is 0 Å². The van der Waals surface area contributed by atoms with E-state index in [4.69, 9.17) is 5.11 Å². The summed E-state index contributed by atoms with van der Waals surface area (Å²) < 4.78 is 73.4. The van der Waals surface area contributed by atoms with Crippen LogP contribution in [-0.2, 0) is 4.79 Å². The number of nitrogens with one attached hydrogen (secondary N) is 1. The number of benzene rings is 1. The third kappa shape index (κ3) is 4.18. The molecule has 4 rings (SSSR count). The van der Waals surface area contributed by atoms with Crippen molar-refractivity contribution in [2.75, 3.05) is 24.5 Å². The van der Waals surface area contributed by atoms with E-state index in [0.29, 0.717) is 12.8 Å². The first kappa shape index (κ1) is 22.8. The van der Waals surface area contributed by atoms with Gasteiger partial charge in [-0.3, -0.25) is 9.59 Å². The molecule has 13 heteroatoms. The molecule has 2 aromatic rings. The maximum absolute atomic E-state index is 15.5. The standard InChI is InChI=1S/C20H18F5N3O5/c1-19(6-26-17(30)20(23,24)25)7-27(8-19)15-11(21)4-10-14(13(15)22)28(9-2-3-9)5-12(16(10)29)33-18(31)32/h4-5,9H,2-3,6-8H2,1H3,(H,26,30)(H,31,32). The molecule has 0 unspecified atom stereocenters. The first-order valence-corrected chi connectivity index (χ1v) is 9.88. The Morgan fingerprint density at radius 1 is 1.27 bits per heavy atom. The van der Waals surface area contributed by atoms with E-state index in [1.54, 1.807) is 12.2 Å². The molecule has 0 bridgehead atoms. The van der Waals surface area contributed by atoms with Gasteiger partial charge in [0.15, 0.2) is 11.6 Å². The molecule has 0 atom stereocenters. The number of aromatic nitrogens is 1. The van der Waals surface area contributed by atoms with Crippen LogP contribution < -0.4 is 20.4 Å². The van der Waals surface area contributed by atoms with E-state index in [9.17, 15) is 31.9 Å². The number of ether oxygens (including phenoxy) is 1. The van der Waals surface area contributed by atoms with Crippen LogP contribution in [-0.4, -0.2) is 47.5 Å². The van der Waals surface area contributed by atoms with E-state index < -0.39 is 52.2 Å². The molecular formula is C20H18F5N3O5. The van der Waals surface area contributed by atoms with Crippen LogP contribution in [0.1, 0.15) is 25.8 Å². The lowest BCUT2D eigenvalue weighted by Gasteiger charge is -2.49. The number of carboxylic acid groups (broad SMARTS) is 1. The summed E-state index contributed by atoms with van der Waals surface area (Å²) >= 11 is 0. The monoisotopic (exact) mass is 475 g/mol. The van der Waals surface area contributed by atoms with Gasteiger partial charge in [-0.25, -0.2) is 13.6 Å². The van der Waals surface area contributed by atoms with Gasteiger partial charge >= 0.3 is 18.2 Å². The molecule has 0 radical (unpaired) electrons. The van der Waals surface area contributed by atoms with E-state index in [2.05, 4.69) is 4.74 Å². The zero-order valence-corrected chi connectivity index (χ0v) is 17.1. The van der Waals surface area contributed by atoms with E-state index in [0.717, 1.165) is 12.3 Å². The fourth-order valence-electron chi connectivity index (χ4n) is 4.04. The number of rotatable bonds is 5. The van der Waals surface area contributed by atoms with Crippen molar-refractivity contribution in [3.63, 3.8) is 0 Å². The predicted molar refractivity (Wildman–Crippen MR) is 104 cm³/mol. The fourth-order valence-corrected chi connectivity index (χ4v) is 4.04. The van der Waals surface area contributed by atoms with Crippen LogP contribution in [0, 0.1) is 17.0 Å². The first-order chi connectivity index (χ1) is 15.3. The van der Waals surface area contributed by atoms with E-state index >= 15 is 4.39 Å². The number of halogens is 5. The molecule has 2 N–H and O–H groups in total. The summed E-state index contributed by atoms with van der Waals surface area (Å²) in [6.45, 7) is 1.13. The topological polar surface area (TPSA) is 101 Å². The molecule has 1 aromatic heterocycles. The zero-order chi connectivity index (χ0) is 24.3. The van der Waals surface area contributed by atoms with Gasteiger partial charge in [-0.2, -0.15) is 13.2 Å². The molecule has 2 fully saturated rings. The molecule has 1 saturated carbocycles. The van der Waals surface area contributed by atoms with Crippen LogP contribution in [0.4, 0.5) is 32.4 Å². The van der Waals surface area contributed by atoms with Gasteiger partial charge in [0.05, 0.1) is 17.1 Å². The number of hydrogen-bond acceptors (Lipinski definition) is 5. The van der Waals surface area contributed by atoms with Crippen LogP contribution in [0.25, 0.3) is 10.9 Å². The number of pyridine rings is 1. The Balaban J connectivity index is 1.67. The van der Waals surface area contributed by atoms with Crippen LogP contribution in [0.2, 0.25) is 0 Å². The number of carbonyl (C=O) groups excluding carboxylic acids is 1. The number of amides is 1. The van der Waals surface area contributed by atoms with Crippen LogP contribution in [0.15, 0.2) is 17.1 Å². The van der Waals surface area contributed by atoms with Crippen molar-refractivity contribution < 1.29 is 41.4 Å². The molecule has 1 aliphatic carbocycles. The quantitative estimate of drug-likeness (QED) is 0.509. The summed E-state index contributed by atoms with van der Waals surface area (Å²) in [6.07, 6.45) is -4.43. The van der Waals surface area contributed by atoms with Gasteiger partial charge in [-0.05, 0) is 18.9 Å². The Labute approximate surface area is 182 Å². The van der Waals surface area contributed by atoms with Crippen molar-refractivity contribution in [1.29, 1.82) is 0 Å². The Morgan fingerprint density at radius 2 is 1.91 bits per heavy atom. The summed E-state index contributed by atoms with van der Waals surface area (Å²) in [4.78, 5) is 35.8. The molecular weight excluding hydrogens is 457 g/mol. The summed E-state index contributed by atoms with van der Waals surface area (Å²) in [5, 5.41) is 10.2. The Kier molecular flexibility index (Phi) is 5.25. The lowest BCUT2D eigenvalue weighted by atomic mass is 9.81. The third-order valence-corrected chi connectivity index (χ3v) is 5.68. The van der Waals surface area contributed by atoms with Crippen LogP contribution in [0.3, 0.4) is 0 Å². The fraction of sp³-hybridized carbons (Fsp3) is 0.450. The van der Waals surface area contributed by atoms with Crippen molar-refractivity contribution in [3.05, 3.63) is 34.1 Å². The normalized spacial score (nSPS) is 17.6. The molecule has 1 amide bonds. The van der Waals surface area contributed by atoms with Gasteiger partial charge in [0.1, 0.15) is 11.5 Å². The highest BCUT2D eigenvalue weighted by atomic mass is 19.4. The van der Waals surface area contributed by atoms with Gasteiger partial charge in [0.2, 0.25) is 5.43 Å². The number of carbonyl (C=O) groups is 2. The van der Waals surface area contributed by atoms with E-state index in [-0.39, 0.29) is 36.6 Å². The molecule has 8 nitrogen and oxygen atoms in total. The number of hydrogen-bond donors (Lipinski definition) is 2. The number of fused-ring (bicyclic) bond motifs is 1. The zero-order valence-electron chi connectivity index (χ0n) is 17.1. The summed E-state index contributed by atoms with van der Waals surface area (Å²) in [7, 11) is 0. The molecule has 1 saturated heterocycles. The second-order valence-corrected chi connectivity index (χ2v) is 8.59. The highest BCUT2D eigenvalue weighted by molar-refractivity contribution is 5.86. The first-order valence-electron chi connectivity index (χ1n) is 9.88. The van der Waals surface area contributed by atoms with Crippen molar-refractivity contribution in [1.82, 2.24) is 9.88 Å². The smallest absolute Gasteiger partial charge is 0.449 e. The number of nitrogens with zero attached hydrogens (tertiary/aromatic N) is 2. The van der Waals surface area contributed by atoms with Gasteiger partial charge < -0.3 is 24.6 Å². The third-order valence-electron chi connectivity index (χ3n) is 5.68. The molecule has 1 aliphatic heterocycles. The Morgan fingerprint density at radius 3 is 2.45 bits per heavy atom. The molecule has 178 valence electrons. The summed E-state index contributed by atoms with van der Waals surface area (Å²) in [5.74, 6) is -4.81. The summed E-state index contributed by atoms with van der Waals surface area (Å²) in [5.41, 5.74) is -2.51. The SMILES string of the molecule is CC1(CNC(=O)C(F)(F)F)CN(c2c(F)cc3c(=O)c(OC(=O)O)cn(C4CC4)c3c2F)C1. The average Bonchev–Trinajstić information content (AvgIpc) is 3.51. The Bertz CT molecular complexity index is 1220. The largest absolute Gasteiger partial charge is 0.511 e. The maximum Gasteiger partial charge on any atom is 0.511 e. The van der Waals surface area contributed by atoms with Crippen molar-refractivity contribution in [3.8, 4) is 5.75 Å². The molecule has 1 aromatic carbocycles. The summed E-state index contributed by atoms with van der Waals surface area (Å²) in [6, 6.07) is 0.571. The van der Waals surface area contributed by atoms with Gasteiger partial charge in [-0.15, -0.1) is 0 Å². The van der Waals surface area contributed by atoms with E-state index in [1.807, 2.05) is 0 Å². The minimum Gasteiger partial charge on any atom is -0.449 e. The van der Waals surface area contributed by atoms with Crippen LogP contribution in [0.5, 0.6) is 5.75 Å². The van der Waals surface area contributed by atoms with Gasteiger partial charge in [0, 0.05) is 31.1 Å². The second-order valence-electron chi connectivity index (χ2n) is 8.59. The number of alkyl halides is 3. The molecule has 0 spiro atoms. The van der Waals surface area contributed by atoms with Crippen molar-refractivity contribution in [2.24, 2.45) is 5.41 Å². The lowest BCUT2D eigenvalue weighted by molar-refractivity contribution is -0.174. The highest BCUT2D eigenvalue weighted by Gasteiger charge is 2.45. The number of anilines is 1. The Hall–Kier alpha value is -3.38. The highest BCUT2D eigenvalue weighted by Crippen LogP contribution is 2.42. The predicted octanol–water partition coefficient (Wildman–Crippen LogP) is 3.18.